The maximum absolute atomic E-state index is 10.5. The Bertz CT molecular complexity index is 452. The molecule has 2 rings (SSSR count). The van der Waals surface area contributed by atoms with Crippen molar-refractivity contribution in [3.05, 3.63) is 33.9 Å². The van der Waals surface area contributed by atoms with Crippen molar-refractivity contribution in [3.8, 4) is 5.75 Å². The minimum absolute atomic E-state index is 0.0449. The van der Waals surface area contributed by atoms with Crippen LogP contribution in [-0.4, -0.2) is 16.9 Å². The number of aliphatic imine (C=N–C) groups is 1. The molecule has 1 aliphatic heterocycles. The van der Waals surface area contributed by atoms with Crippen LogP contribution in [0.2, 0.25) is 0 Å². The van der Waals surface area contributed by atoms with Crippen LogP contribution >= 0.6 is 0 Å². The molecule has 0 saturated carbocycles. The molecule has 1 aliphatic rings. The lowest BCUT2D eigenvalue weighted by molar-refractivity contribution is -0.384. The number of hydrogen-bond donors (Lipinski definition) is 0. The summed E-state index contributed by atoms with van der Waals surface area (Å²) in [6, 6.07) is 4.47. The number of nitro benzene ring substituents is 1. The van der Waals surface area contributed by atoms with Gasteiger partial charge in [-0.15, -0.1) is 0 Å². The van der Waals surface area contributed by atoms with Crippen molar-refractivity contribution in [1.82, 2.24) is 0 Å². The molecule has 0 amide bonds. The predicted octanol–water partition coefficient (Wildman–Crippen LogP) is 2.14. The van der Waals surface area contributed by atoms with Gasteiger partial charge in [0.25, 0.3) is 5.69 Å². The van der Waals surface area contributed by atoms with Crippen molar-refractivity contribution in [3.63, 3.8) is 0 Å². The number of ether oxygens (including phenoxy) is 1. The number of fused-ring (bicyclic) bond motifs is 1. The Morgan fingerprint density at radius 1 is 1.47 bits per heavy atom. The third-order valence-corrected chi connectivity index (χ3v) is 2.08. The lowest BCUT2D eigenvalue weighted by Gasteiger charge is -2.26. The van der Waals surface area contributed by atoms with Crippen LogP contribution in [0.4, 0.5) is 5.69 Å². The fraction of sp³-hybridized carbons (Fsp3) is 0.300. The summed E-state index contributed by atoms with van der Waals surface area (Å²) in [5, 5.41) is 10.5. The fourth-order valence-corrected chi connectivity index (χ4v) is 1.36. The lowest BCUT2D eigenvalue weighted by Crippen LogP contribution is -2.28. The van der Waals surface area contributed by atoms with Crippen molar-refractivity contribution in [2.24, 2.45) is 4.99 Å². The van der Waals surface area contributed by atoms with Gasteiger partial charge in [-0.3, -0.25) is 10.1 Å². The second kappa shape index (κ2) is 3.05. The van der Waals surface area contributed by atoms with Gasteiger partial charge in [-0.1, -0.05) is 0 Å². The second-order valence-electron chi connectivity index (χ2n) is 3.79. The first kappa shape index (κ1) is 9.64. The van der Waals surface area contributed by atoms with Gasteiger partial charge in [0, 0.05) is 23.9 Å². The zero-order chi connectivity index (χ0) is 11.1. The van der Waals surface area contributed by atoms with Crippen LogP contribution in [0.3, 0.4) is 0 Å². The van der Waals surface area contributed by atoms with E-state index in [9.17, 15) is 10.1 Å². The van der Waals surface area contributed by atoms with E-state index in [2.05, 4.69) is 4.99 Å². The number of non-ortho nitro benzene ring substituents is 1. The highest BCUT2D eigenvalue weighted by atomic mass is 16.6. The normalized spacial score (nSPS) is 16.7. The van der Waals surface area contributed by atoms with Crippen LogP contribution in [0.25, 0.3) is 0 Å². The van der Waals surface area contributed by atoms with Gasteiger partial charge < -0.3 is 4.74 Å². The first-order valence-electron chi connectivity index (χ1n) is 4.51. The predicted molar refractivity (Wildman–Crippen MR) is 55.4 cm³/mol. The van der Waals surface area contributed by atoms with Gasteiger partial charge in [0.15, 0.2) is 5.72 Å². The molecule has 0 bridgehead atoms. The van der Waals surface area contributed by atoms with Gasteiger partial charge in [-0.2, -0.15) is 0 Å². The topological polar surface area (TPSA) is 64.7 Å². The zero-order valence-corrected chi connectivity index (χ0v) is 8.43. The smallest absolute Gasteiger partial charge is 0.270 e. The minimum atomic E-state index is -0.594. The summed E-state index contributed by atoms with van der Waals surface area (Å²) >= 11 is 0. The van der Waals surface area contributed by atoms with E-state index in [1.807, 2.05) is 13.8 Å². The quantitative estimate of drug-likeness (QED) is 0.522. The molecule has 0 fully saturated rings. The molecular weight excluding hydrogens is 196 g/mol. The first-order chi connectivity index (χ1) is 6.98. The van der Waals surface area contributed by atoms with Crippen molar-refractivity contribution >= 4 is 11.9 Å². The van der Waals surface area contributed by atoms with Gasteiger partial charge >= 0.3 is 0 Å². The summed E-state index contributed by atoms with van der Waals surface area (Å²) in [5.41, 5.74) is 0.0930. The Labute approximate surface area is 86.5 Å². The van der Waals surface area contributed by atoms with Crippen LogP contribution < -0.4 is 4.74 Å². The van der Waals surface area contributed by atoms with Crippen LogP contribution in [0, 0.1) is 10.1 Å². The van der Waals surface area contributed by atoms with E-state index < -0.39 is 10.6 Å². The first-order valence-corrected chi connectivity index (χ1v) is 4.51. The van der Waals surface area contributed by atoms with E-state index in [4.69, 9.17) is 4.74 Å². The van der Waals surface area contributed by atoms with Crippen LogP contribution in [0.1, 0.15) is 19.4 Å². The van der Waals surface area contributed by atoms with E-state index in [0.717, 1.165) is 0 Å². The Kier molecular flexibility index (Phi) is 1.96. The van der Waals surface area contributed by atoms with Crippen LogP contribution in [-0.2, 0) is 0 Å². The van der Waals surface area contributed by atoms with E-state index >= 15 is 0 Å². The molecule has 0 aliphatic carbocycles. The minimum Gasteiger partial charge on any atom is -0.466 e. The molecule has 0 aromatic heterocycles. The van der Waals surface area contributed by atoms with Crippen LogP contribution in [0.15, 0.2) is 23.2 Å². The molecule has 15 heavy (non-hydrogen) atoms. The standard InChI is InChI=1S/C10H10N2O3/c1-10(2)11-6-7-5-8(12(13)14)3-4-9(7)15-10/h3-6H,1-2H3. The molecule has 1 aromatic rings. The average molecular weight is 206 g/mol. The van der Waals surface area contributed by atoms with Crippen molar-refractivity contribution in [2.75, 3.05) is 0 Å². The SMILES string of the molecule is CC1(C)N=Cc2cc([N+](=O)[O-])ccc2O1. The summed E-state index contributed by atoms with van der Waals surface area (Å²) in [7, 11) is 0. The molecule has 0 spiro atoms. The largest absolute Gasteiger partial charge is 0.466 e. The van der Waals surface area contributed by atoms with Gasteiger partial charge in [-0.25, -0.2) is 4.99 Å². The van der Waals surface area contributed by atoms with Gasteiger partial charge in [0.05, 0.1) is 4.92 Å². The van der Waals surface area contributed by atoms with Crippen molar-refractivity contribution < 1.29 is 9.66 Å². The van der Waals surface area contributed by atoms with Gasteiger partial charge in [0.2, 0.25) is 0 Å². The Morgan fingerprint density at radius 3 is 2.87 bits per heavy atom. The molecule has 5 heteroatoms. The maximum Gasteiger partial charge on any atom is 0.270 e. The molecule has 0 atom stereocenters. The third kappa shape index (κ3) is 1.81. The fourth-order valence-electron chi connectivity index (χ4n) is 1.36. The summed E-state index contributed by atoms with van der Waals surface area (Å²) in [6.07, 6.45) is 1.60. The third-order valence-electron chi connectivity index (χ3n) is 2.08. The van der Waals surface area contributed by atoms with Crippen LogP contribution in [0.5, 0.6) is 5.75 Å². The summed E-state index contributed by atoms with van der Waals surface area (Å²) in [5.74, 6) is 0.626. The summed E-state index contributed by atoms with van der Waals surface area (Å²) in [6.45, 7) is 3.65. The molecular formula is C10H10N2O3. The number of benzene rings is 1. The number of rotatable bonds is 1. The molecule has 0 radical (unpaired) electrons. The monoisotopic (exact) mass is 206 g/mol. The highest BCUT2D eigenvalue weighted by Gasteiger charge is 2.24. The lowest BCUT2D eigenvalue weighted by atomic mass is 10.1. The summed E-state index contributed by atoms with van der Waals surface area (Å²) in [4.78, 5) is 14.2. The van der Waals surface area contributed by atoms with E-state index in [1.54, 1.807) is 12.3 Å². The molecule has 1 heterocycles. The highest BCUT2D eigenvalue weighted by Crippen LogP contribution is 2.29. The Morgan fingerprint density at radius 2 is 2.20 bits per heavy atom. The number of nitrogens with zero attached hydrogens (tertiary/aromatic N) is 2. The molecule has 1 aromatic carbocycles. The molecule has 0 unspecified atom stereocenters. The average Bonchev–Trinajstić information content (AvgIpc) is 2.15. The second-order valence-corrected chi connectivity index (χ2v) is 3.79. The number of nitro groups is 1. The zero-order valence-electron chi connectivity index (χ0n) is 8.43. The van der Waals surface area contributed by atoms with Gasteiger partial charge in [-0.05, 0) is 19.9 Å². The van der Waals surface area contributed by atoms with E-state index in [1.165, 1.54) is 12.1 Å². The molecule has 5 nitrogen and oxygen atoms in total. The molecule has 78 valence electrons. The van der Waals surface area contributed by atoms with E-state index in [0.29, 0.717) is 11.3 Å². The van der Waals surface area contributed by atoms with Crippen molar-refractivity contribution in [1.29, 1.82) is 0 Å². The number of hydrogen-bond acceptors (Lipinski definition) is 4. The molecule has 0 saturated heterocycles. The Hall–Kier alpha value is -1.91. The Balaban J connectivity index is 2.45. The summed E-state index contributed by atoms with van der Waals surface area (Å²) < 4.78 is 5.53. The van der Waals surface area contributed by atoms with E-state index in [-0.39, 0.29) is 5.69 Å². The maximum atomic E-state index is 10.5. The van der Waals surface area contributed by atoms with Gasteiger partial charge in [0.1, 0.15) is 5.75 Å². The highest BCUT2D eigenvalue weighted by molar-refractivity contribution is 5.85. The molecule has 0 N–H and O–H groups in total. The van der Waals surface area contributed by atoms with Crippen molar-refractivity contribution in [2.45, 2.75) is 19.6 Å².